The molecule has 0 atom stereocenters. The molecule has 1 amide bonds. The van der Waals surface area contributed by atoms with Crippen LogP contribution in [0.2, 0.25) is 0 Å². The first-order valence-corrected chi connectivity index (χ1v) is 13.0. The number of rotatable bonds is 8. The van der Waals surface area contributed by atoms with Crippen molar-refractivity contribution in [3.63, 3.8) is 0 Å². The molecule has 7 nitrogen and oxygen atoms in total. The van der Waals surface area contributed by atoms with E-state index in [4.69, 9.17) is 9.47 Å². The summed E-state index contributed by atoms with van der Waals surface area (Å²) in [6.07, 6.45) is 2.13. The predicted molar refractivity (Wildman–Crippen MR) is 149 cm³/mol. The van der Waals surface area contributed by atoms with Crippen LogP contribution in [0.5, 0.6) is 11.5 Å². The van der Waals surface area contributed by atoms with Gasteiger partial charge in [-0.2, -0.15) is 0 Å². The molecule has 1 heterocycles. The monoisotopic (exact) mass is 516 g/mol. The van der Waals surface area contributed by atoms with Crippen molar-refractivity contribution >= 4 is 17.6 Å². The van der Waals surface area contributed by atoms with Crippen LogP contribution in [-0.2, 0) is 4.74 Å². The van der Waals surface area contributed by atoms with E-state index in [0.717, 1.165) is 37.1 Å². The van der Waals surface area contributed by atoms with Crippen LogP contribution in [0.3, 0.4) is 0 Å². The van der Waals surface area contributed by atoms with Crippen molar-refractivity contribution in [3.8, 4) is 22.6 Å². The molecule has 3 aromatic rings. The van der Waals surface area contributed by atoms with Crippen molar-refractivity contribution < 1.29 is 24.2 Å². The molecule has 7 heteroatoms. The molecular formula is C31H36N2O5. The maximum atomic E-state index is 13.3. The van der Waals surface area contributed by atoms with Crippen molar-refractivity contribution in [2.45, 2.75) is 32.6 Å². The van der Waals surface area contributed by atoms with Crippen LogP contribution in [0.4, 0.5) is 5.69 Å². The summed E-state index contributed by atoms with van der Waals surface area (Å²) in [5.41, 5.74) is 3.58. The number of esters is 1. The van der Waals surface area contributed by atoms with Crippen LogP contribution in [0, 0.1) is 5.92 Å². The van der Waals surface area contributed by atoms with Crippen molar-refractivity contribution in [3.05, 3.63) is 77.4 Å². The van der Waals surface area contributed by atoms with Crippen molar-refractivity contribution in [1.29, 1.82) is 0 Å². The van der Waals surface area contributed by atoms with Gasteiger partial charge in [-0.3, -0.25) is 4.79 Å². The number of nitrogens with one attached hydrogen (secondary N) is 1. The minimum atomic E-state index is -0.567. The SMILES string of the molecule is COC(=O)c1ccc(-c2cccc(C(C)C)c2)cc1NC(=O)c1cc(OCC2CCN(C)CC2)ccc1O. The Hall–Kier alpha value is -3.84. The smallest absolute Gasteiger partial charge is 0.339 e. The average Bonchev–Trinajstić information content (AvgIpc) is 2.93. The lowest BCUT2D eigenvalue weighted by molar-refractivity contribution is 0.0602. The van der Waals surface area contributed by atoms with Crippen LogP contribution in [0.15, 0.2) is 60.7 Å². The molecule has 200 valence electrons. The number of nitrogens with zero attached hydrogens (tertiary/aromatic N) is 1. The van der Waals surface area contributed by atoms with E-state index in [9.17, 15) is 14.7 Å². The molecular weight excluding hydrogens is 480 g/mol. The van der Waals surface area contributed by atoms with Gasteiger partial charge in [0.1, 0.15) is 11.5 Å². The number of ether oxygens (including phenoxy) is 2. The lowest BCUT2D eigenvalue weighted by atomic mass is 9.96. The number of methoxy groups -OCH3 is 1. The van der Waals surface area contributed by atoms with Crippen LogP contribution < -0.4 is 10.1 Å². The van der Waals surface area contributed by atoms with Gasteiger partial charge in [0.25, 0.3) is 5.91 Å². The fourth-order valence-corrected chi connectivity index (χ4v) is 4.61. The molecule has 1 saturated heterocycles. The number of piperidine rings is 1. The second-order valence-electron chi connectivity index (χ2n) is 10.2. The largest absolute Gasteiger partial charge is 0.507 e. The highest BCUT2D eigenvalue weighted by molar-refractivity contribution is 6.10. The van der Waals surface area contributed by atoms with Gasteiger partial charge in [-0.1, -0.05) is 44.2 Å². The number of phenolic OH excluding ortho intramolecular Hbond substituents is 1. The third-order valence-corrected chi connectivity index (χ3v) is 7.10. The summed E-state index contributed by atoms with van der Waals surface area (Å²) in [6.45, 7) is 6.90. The fraction of sp³-hybridized carbons (Fsp3) is 0.355. The van der Waals surface area contributed by atoms with Crippen molar-refractivity contribution in [1.82, 2.24) is 4.90 Å². The average molecular weight is 517 g/mol. The number of carbonyl (C=O) groups excluding carboxylic acids is 2. The Bertz CT molecular complexity index is 1300. The summed E-state index contributed by atoms with van der Waals surface area (Å²) in [5, 5.41) is 13.3. The molecule has 1 fully saturated rings. The zero-order chi connectivity index (χ0) is 27.2. The molecule has 1 aliphatic heterocycles. The zero-order valence-electron chi connectivity index (χ0n) is 22.5. The molecule has 0 radical (unpaired) electrons. The summed E-state index contributed by atoms with van der Waals surface area (Å²) in [7, 11) is 3.41. The molecule has 0 aliphatic carbocycles. The number of phenols is 1. The summed E-state index contributed by atoms with van der Waals surface area (Å²) >= 11 is 0. The standard InChI is InChI=1S/C31H36N2O5/c1-20(2)22-6-5-7-23(16-22)24-8-10-26(31(36)37-4)28(17-24)32-30(35)27-18-25(9-11-29(27)34)38-19-21-12-14-33(3)15-13-21/h5-11,16-18,20-21,34H,12-15,19H2,1-4H3,(H,32,35). The van der Waals surface area contributed by atoms with E-state index in [-0.39, 0.29) is 16.9 Å². The lowest BCUT2D eigenvalue weighted by Crippen LogP contribution is -2.32. The molecule has 2 N–H and O–H groups in total. The maximum Gasteiger partial charge on any atom is 0.339 e. The topological polar surface area (TPSA) is 88.1 Å². The van der Waals surface area contributed by atoms with E-state index >= 15 is 0 Å². The highest BCUT2D eigenvalue weighted by Crippen LogP contribution is 2.31. The van der Waals surface area contributed by atoms with Gasteiger partial charge in [-0.25, -0.2) is 4.79 Å². The minimum Gasteiger partial charge on any atom is -0.507 e. The van der Waals surface area contributed by atoms with E-state index in [2.05, 4.69) is 43.2 Å². The number of carbonyl (C=O) groups is 2. The summed E-state index contributed by atoms with van der Waals surface area (Å²) in [5.74, 6) is 0.0405. The first kappa shape index (κ1) is 27.2. The number of amides is 1. The van der Waals surface area contributed by atoms with Crippen molar-refractivity contribution in [2.75, 3.05) is 39.2 Å². The number of hydrogen-bond acceptors (Lipinski definition) is 6. The zero-order valence-corrected chi connectivity index (χ0v) is 22.5. The van der Waals surface area contributed by atoms with Gasteiger partial charge in [0.15, 0.2) is 0 Å². The van der Waals surface area contributed by atoms with Gasteiger partial charge in [-0.05, 0) is 91.8 Å². The summed E-state index contributed by atoms with van der Waals surface area (Å²) in [4.78, 5) is 28.1. The van der Waals surface area contributed by atoms with Crippen LogP contribution in [0.1, 0.15) is 58.9 Å². The third kappa shape index (κ3) is 6.53. The minimum absolute atomic E-state index is 0.0638. The van der Waals surface area contributed by atoms with Crippen molar-refractivity contribution in [2.24, 2.45) is 5.92 Å². The fourth-order valence-electron chi connectivity index (χ4n) is 4.61. The first-order valence-electron chi connectivity index (χ1n) is 13.0. The number of anilines is 1. The molecule has 1 aliphatic rings. The third-order valence-electron chi connectivity index (χ3n) is 7.10. The van der Waals surface area contributed by atoms with Gasteiger partial charge in [0.2, 0.25) is 0 Å². The molecule has 0 saturated carbocycles. The first-order chi connectivity index (χ1) is 18.2. The summed E-state index contributed by atoms with van der Waals surface area (Å²) in [6, 6.07) is 18.0. The number of likely N-dealkylation sites (tertiary alicyclic amines) is 1. The van der Waals surface area contributed by atoms with E-state index < -0.39 is 11.9 Å². The molecule has 38 heavy (non-hydrogen) atoms. The lowest BCUT2D eigenvalue weighted by Gasteiger charge is -2.28. The van der Waals surface area contributed by atoms with Crippen LogP contribution in [0.25, 0.3) is 11.1 Å². The predicted octanol–water partition coefficient (Wildman–Crippen LogP) is 5.94. The summed E-state index contributed by atoms with van der Waals surface area (Å²) < 4.78 is 10.9. The quantitative estimate of drug-likeness (QED) is 0.360. The molecule has 0 bridgehead atoms. The Balaban J connectivity index is 1.57. The maximum absolute atomic E-state index is 13.3. The van der Waals surface area contributed by atoms with Crippen LogP contribution >= 0.6 is 0 Å². The van der Waals surface area contributed by atoms with Gasteiger partial charge in [0.05, 0.1) is 30.5 Å². The molecule has 0 spiro atoms. The molecule has 4 rings (SSSR count). The highest BCUT2D eigenvalue weighted by atomic mass is 16.5. The van der Waals surface area contributed by atoms with Gasteiger partial charge >= 0.3 is 5.97 Å². The van der Waals surface area contributed by atoms with E-state index in [0.29, 0.717) is 29.9 Å². The Kier molecular flexibility index (Phi) is 8.69. The van der Waals surface area contributed by atoms with Gasteiger partial charge in [0, 0.05) is 0 Å². The number of benzene rings is 3. The van der Waals surface area contributed by atoms with E-state index in [1.807, 2.05) is 18.2 Å². The Morgan fingerprint density at radius 1 is 1.00 bits per heavy atom. The Morgan fingerprint density at radius 3 is 2.45 bits per heavy atom. The Morgan fingerprint density at radius 2 is 1.74 bits per heavy atom. The van der Waals surface area contributed by atoms with Crippen LogP contribution in [-0.4, -0.2) is 55.7 Å². The molecule has 0 aromatic heterocycles. The van der Waals surface area contributed by atoms with Gasteiger partial charge < -0.3 is 24.8 Å². The molecule has 0 unspecified atom stereocenters. The van der Waals surface area contributed by atoms with E-state index in [1.54, 1.807) is 18.2 Å². The Labute approximate surface area is 224 Å². The van der Waals surface area contributed by atoms with E-state index in [1.165, 1.54) is 24.8 Å². The number of hydrogen-bond donors (Lipinski definition) is 2. The molecule has 3 aromatic carbocycles. The normalized spacial score (nSPS) is 14.3. The number of aromatic hydroxyl groups is 1. The second-order valence-corrected chi connectivity index (χ2v) is 10.2. The van der Waals surface area contributed by atoms with Gasteiger partial charge in [-0.15, -0.1) is 0 Å². The second kappa shape index (κ2) is 12.1. The highest BCUT2D eigenvalue weighted by Gasteiger charge is 2.20.